The van der Waals surface area contributed by atoms with Gasteiger partial charge in [0.1, 0.15) is 13.5 Å². The Kier molecular flexibility index (Phi) is 5.39. The highest BCUT2D eigenvalue weighted by Crippen LogP contribution is 2.46. The van der Waals surface area contributed by atoms with Gasteiger partial charge in [-0.3, -0.25) is 9.10 Å². The Bertz CT molecular complexity index is 1280. The lowest BCUT2D eigenvalue weighted by molar-refractivity contribution is 0.0957. The van der Waals surface area contributed by atoms with E-state index < -0.39 is 10.0 Å². The van der Waals surface area contributed by atoms with Crippen molar-refractivity contribution in [2.24, 2.45) is 0 Å². The second-order valence-electron chi connectivity index (χ2n) is 7.72. The van der Waals surface area contributed by atoms with Crippen molar-refractivity contribution in [3.63, 3.8) is 0 Å². The highest BCUT2D eigenvalue weighted by atomic mass is 32.2. The van der Waals surface area contributed by atoms with E-state index in [9.17, 15) is 13.2 Å². The molecule has 3 aromatic rings. The summed E-state index contributed by atoms with van der Waals surface area (Å²) in [6.45, 7) is 3.86. The maximum atomic E-state index is 12.8. The third kappa shape index (κ3) is 3.97. The maximum Gasteiger partial charge on any atom is 0.270 e. The Balaban J connectivity index is 2.01. The van der Waals surface area contributed by atoms with Crippen LogP contribution in [0.1, 0.15) is 34.8 Å². The van der Waals surface area contributed by atoms with Crippen molar-refractivity contribution in [1.29, 1.82) is 0 Å². The van der Waals surface area contributed by atoms with Crippen molar-refractivity contribution in [2.45, 2.75) is 18.8 Å². The Morgan fingerprint density at radius 1 is 1.32 bits per heavy atom. The van der Waals surface area contributed by atoms with Gasteiger partial charge >= 0.3 is 0 Å². The zero-order valence-corrected chi connectivity index (χ0v) is 18.3. The van der Waals surface area contributed by atoms with Gasteiger partial charge in [0.2, 0.25) is 10.0 Å². The molecule has 1 heterocycles. The highest BCUT2D eigenvalue weighted by molar-refractivity contribution is 7.92. The smallest absolute Gasteiger partial charge is 0.270 e. The molecule has 0 aliphatic heterocycles. The average molecular weight is 434 g/mol. The molecule has 4 rings (SSSR count). The summed E-state index contributed by atoms with van der Waals surface area (Å²) < 4.78 is 27.9. The van der Waals surface area contributed by atoms with Gasteiger partial charge in [0.15, 0.2) is 0 Å². The number of fused-ring (bicyclic) bond motifs is 1. The molecule has 2 aromatic carbocycles. The van der Waals surface area contributed by atoms with Crippen LogP contribution < -0.4 is 15.1 Å². The van der Waals surface area contributed by atoms with Gasteiger partial charge in [0.05, 0.1) is 29.7 Å². The minimum atomic E-state index is -3.52. The van der Waals surface area contributed by atoms with Crippen LogP contribution in [0.25, 0.3) is 16.6 Å². The summed E-state index contributed by atoms with van der Waals surface area (Å²) in [6.07, 6.45) is 4.70. The number of sulfonamides is 1. The lowest BCUT2D eigenvalue weighted by Crippen LogP contribution is -2.30. The third-order valence-electron chi connectivity index (χ3n) is 5.38. The monoisotopic (exact) mass is 434 g/mol. The fourth-order valence-corrected chi connectivity index (χ4v) is 4.64. The molecule has 0 saturated heterocycles. The number of hydrogen-bond acceptors (Lipinski definition) is 4. The van der Waals surface area contributed by atoms with Crippen molar-refractivity contribution in [3.8, 4) is 5.69 Å². The van der Waals surface area contributed by atoms with E-state index in [1.54, 1.807) is 48.1 Å². The highest BCUT2D eigenvalue weighted by Gasteiger charge is 2.32. The fraction of sp³-hybridized carbons (Fsp3) is 0.273. The van der Waals surface area contributed by atoms with Gasteiger partial charge in [-0.15, -0.1) is 6.58 Å². The molecule has 31 heavy (non-hydrogen) atoms. The normalized spacial score (nSPS) is 13.9. The van der Waals surface area contributed by atoms with Gasteiger partial charge in [-0.25, -0.2) is 13.1 Å². The molecule has 0 atom stereocenters. The molecule has 2 radical (unpaired) electrons. The third-order valence-corrected chi connectivity index (χ3v) is 6.53. The molecular weight excluding hydrogens is 411 g/mol. The van der Waals surface area contributed by atoms with Crippen molar-refractivity contribution in [2.75, 3.05) is 24.2 Å². The van der Waals surface area contributed by atoms with Crippen LogP contribution in [0.2, 0.25) is 0 Å². The number of benzene rings is 2. The van der Waals surface area contributed by atoms with Crippen LogP contribution in [0.5, 0.6) is 0 Å². The maximum absolute atomic E-state index is 12.8. The van der Waals surface area contributed by atoms with Crippen LogP contribution in [0.4, 0.5) is 5.69 Å². The van der Waals surface area contributed by atoms with E-state index in [2.05, 4.69) is 17.0 Å². The predicted molar refractivity (Wildman–Crippen MR) is 124 cm³/mol. The second kappa shape index (κ2) is 7.88. The molecular formula is C22H23BN4O3S. The lowest BCUT2D eigenvalue weighted by Gasteiger charge is -2.24. The van der Waals surface area contributed by atoms with Crippen LogP contribution in [-0.2, 0) is 10.0 Å². The first-order chi connectivity index (χ1) is 14.7. The van der Waals surface area contributed by atoms with Gasteiger partial charge in [-0.2, -0.15) is 5.10 Å². The lowest BCUT2D eigenvalue weighted by atomic mass is 9.96. The van der Waals surface area contributed by atoms with E-state index in [1.165, 1.54) is 10.6 Å². The molecule has 1 fully saturated rings. The van der Waals surface area contributed by atoms with Gasteiger partial charge < -0.3 is 5.32 Å². The molecule has 1 aromatic heterocycles. The van der Waals surface area contributed by atoms with Crippen molar-refractivity contribution in [3.05, 3.63) is 60.3 Å². The number of amides is 1. The molecule has 1 aliphatic carbocycles. The molecule has 1 saturated carbocycles. The van der Waals surface area contributed by atoms with Crippen molar-refractivity contribution in [1.82, 2.24) is 15.1 Å². The molecule has 9 heteroatoms. The molecule has 1 aliphatic rings. The Morgan fingerprint density at radius 3 is 2.55 bits per heavy atom. The summed E-state index contributed by atoms with van der Waals surface area (Å²) in [4.78, 5) is 12.8. The summed E-state index contributed by atoms with van der Waals surface area (Å²) in [6, 6.07) is 10.7. The van der Waals surface area contributed by atoms with Crippen LogP contribution >= 0.6 is 0 Å². The first-order valence-electron chi connectivity index (χ1n) is 9.98. The number of aromatic nitrogens is 2. The summed E-state index contributed by atoms with van der Waals surface area (Å²) >= 11 is 0. The Hall–Kier alpha value is -3.07. The molecule has 1 amide bonds. The van der Waals surface area contributed by atoms with Crippen LogP contribution in [0, 0.1) is 0 Å². The number of carbonyl (C=O) groups excluding carboxylic acids is 1. The number of carbonyl (C=O) groups is 1. The van der Waals surface area contributed by atoms with E-state index in [0.717, 1.165) is 18.4 Å². The van der Waals surface area contributed by atoms with Gasteiger partial charge in [-0.05, 0) is 48.6 Å². The standard InChI is InChI=1S/C22H23BN4O3S/c1-4-11-26(31(3,29)30)20-13-19-18(12-17(20)14-5-6-14)21(22(28)24-2)27(25-19)16-9-7-15(23)8-10-16/h4,7-10,12-14H,1,5-6,11H2,2-3H3,(H,24,28). The summed E-state index contributed by atoms with van der Waals surface area (Å²) in [5.74, 6) is -0.0224. The van der Waals surface area contributed by atoms with Gasteiger partial charge in [0, 0.05) is 12.4 Å². The predicted octanol–water partition coefficient (Wildman–Crippen LogP) is 2.01. The van der Waals surface area contributed by atoms with E-state index in [1.807, 2.05) is 6.07 Å². The van der Waals surface area contributed by atoms with Gasteiger partial charge in [0.25, 0.3) is 5.91 Å². The quantitative estimate of drug-likeness (QED) is 0.456. The molecule has 7 nitrogen and oxygen atoms in total. The SMILES string of the molecule is [B]c1ccc(-n2nc3cc(N(CC=C)S(C)(=O)=O)c(C4CC4)cc3c2C(=O)NC)cc1. The van der Waals surface area contributed by atoms with Crippen LogP contribution in [0.3, 0.4) is 0 Å². The van der Waals surface area contributed by atoms with E-state index in [4.69, 9.17) is 7.85 Å². The summed E-state index contributed by atoms with van der Waals surface area (Å²) in [7, 11) is 3.85. The van der Waals surface area contributed by atoms with E-state index in [0.29, 0.717) is 33.4 Å². The molecule has 0 unspecified atom stereocenters. The van der Waals surface area contributed by atoms with Crippen molar-refractivity contribution >= 4 is 45.8 Å². The van der Waals surface area contributed by atoms with E-state index in [-0.39, 0.29) is 18.4 Å². The number of nitrogens with zero attached hydrogens (tertiary/aromatic N) is 3. The first-order valence-corrected chi connectivity index (χ1v) is 11.8. The number of rotatable bonds is 7. The molecule has 0 bridgehead atoms. The first kappa shape index (κ1) is 21.2. The van der Waals surface area contributed by atoms with Crippen LogP contribution in [-0.4, -0.2) is 51.8 Å². The molecule has 1 N–H and O–H groups in total. The minimum Gasteiger partial charge on any atom is -0.354 e. The second-order valence-corrected chi connectivity index (χ2v) is 9.62. The largest absolute Gasteiger partial charge is 0.354 e. The minimum absolute atomic E-state index is 0.158. The Labute approximate surface area is 183 Å². The summed E-state index contributed by atoms with van der Waals surface area (Å²) in [5, 5.41) is 8.01. The molecule has 0 spiro atoms. The number of hydrogen-bond donors (Lipinski definition) is 1. The zero-order valence-electron chi connectivity index (χ0n) is 17.5. The van der Waals surface area contributed by atoms with Crippen LogP contribution in [0.15, 0.2) is 49.1 Å². The molecule has 158 valence electrons. The Morgan fingerprint density at radius 2 is 2.00 bits per heavy atom. The van der Waals surface area contributed by atoms with E-state index >= 15 is 0 Å². The van der Waals surface area contributed by atoms with Gasteiger partial charge in [-0.1, -0.05) is 23.7 Å². The zero-order chi connectivity index (χ0) is 22.3. The topological polar surface area (TPSA) is 84.3 Å². The average Bonchev–Trinajstić information content (AvgIpc) is 3.51. The van der Waals surface area contributed by atoms with Crippen molar-refractivity contribution < 1.29 is 13.2 Å². The fourth-order valence-electron chi connectivity index (χ4n) is 3.74. The number of nitrogens with one attached hydrogen (secondary N) is 1. The summed E-state index contributed by atoms with van der Waals surface area (Å²) in [5.41, 5.74) is 3.71. The number of anilines is 1.